The van der Waals surface area contributed by atoms with Crippen molar-refractivity contribution in [2.24, 2.45) is 5.92 Å². The van der Waals surface area contributed by atoms with Gasteiger partial charge in [0.15, 0.2) is 0 Å². The Balaban J connectivity index is 2.54. The molecule has 0 spiro atoms. The van der Waals surface area contributed by atoms with Crippen LogP contribution < -0.4 is 0 Å². The largest absolute Gasteiger partial charge is 0.481 e. The Bertz CT molecular complexity index is 616. The summed E-state index contributed by atoms with van der Waals surface area (Å²) in [7, 11) is 0. The van der Waals surface area contributed by atoms with Gasteiger partial charge in [-0.05, 0) is 38.1 Å². The lowest BCUT2D eigenvalue weighted by molar-refractivity contribution is -0.141. The molecule has 1 atom stereocenters. The van der Waals surface area contributed by atoms with Crippen LogP contribution in [0.1, 0.15) is 32.5 Å². The molecule has 2 aromatic rings. The molecular formula is C15H18FNO2. The molecule has 0 aliphatic carbocycles. The molecule has 1 heterocycles. The van der Waals surface area contributed by atoms with E-state index in [9.17, 15) is 9.18 Å². The van der Waals surface area contributed by atoms with E-state index in [2.05, 4.69) is 0 Å². The third-order valence-electron chi connectivity index (χ3n) is 3.34. The van der Waals surface area contributed by atoms with E-state index in [1.165, 1.54) is 12.1 Å². The second-order valence-corrected chi connectivity index (χ2v) is 5.25. The quantitative estimate of drug-likeness (QED) is 0.915. The second-order valence-electron chi connectivity index (χ2n) is 5.25. The Hall–Kier alpha value is -1.84. The summed E-state index contributed by atoms with van der Waals surface area (Å²) in [6, 6.07) is 6.78. The number of benzene rings is 1. The summed E-state index contributed by atoms with van der Waals surface area (Å²) in [4.78, 5) is 11.0. The maximum atomic E-state index is 13.4. The van der Waals surface area contributed by atoms with Crippen LogP contribution in [0.15, 0.2) is 24.3 Å². The highest BCUT2D eigenvalue weighted by Gasteiger charge is 2.18. The van der Waals surface area contributed by atoms with Crippen molar-refractivity contribution in [2.45, 2.75) is 33.2 Å². The number of carboxylic acid groups (broad SMARTS) is 1. The first kappa shape index (κ1) is 13.6. The first-order chi connectivity index (χ1) is 8.90. The Kier molecular flexibility index (Phi) is 3.60. The third kappa shape index (κ3) is 2.62. The van der Waals surface area contributed by atoms with Gasteiger partial charge in [0.2, 0.25) is 0 Å². The van der Waals surface area contributed by atoms with E-state index in [4.69, 9.17) is 5.11 Å². The molecule has 0 radical (unpaired) electrons. The molecule has 0 saturated heterocycles. The molecule has 0 amide bonds. The van der Waals surface area contributed by atoms with Crippen molar-refractivity contribution in [3.63, 3.8) is 0 Å². The predicted octanol–water partition coefficient (Wildman–Crippen LogP) is 3.62. The summed E-state index contributed by atoms with van der Waals surface area (Å²) >= 11 is 0. The number of hydrogen-bond donors (Lipinski definition) is 1. The van der Waals surface area contributed by atoms with E-state index in [1.54, 1.807) is 13.0 Å². The molecule has 1 aromatic carbocycles. The molecule has 1 unspecified atom stereocenters. The molecule has 1 N–H and O–H groups in total. The number of nitrogens with zero attached hydrogens (tertiary/aromatic N) is 1. The number of hydrogen-bond acceptors (Lipinski definition) is 1. The Morgan fingerprint density at radius 1 is 1.32 bits per heavy atom. The van der Waals surface area contributed by atoms with Gasteiger partial charge in [-0.15, -0.1) is 0 Å². The molecule has 0 aliphatic heterocycles. The zero-order chi connectivity index (χ0) is 14.2. The van der Waals surface area contributed by atoms with Crippen LogP contribution in [0.4, 0.5) is 4.39 Å². The zero-order valence-corrected chi connectivity index (χ0v) is 11.4. The van der Waals surface area contributed by atoms with E-state index in [0.717, 1.165) is 16.6 Å². The van der Waals surface area contributed by atoms with Crippen LogP contribution in [0.2, 0.25) is 0 Å². The third-order valence-corrected chi connectivity index (χ3v) is 3.34. The Labute approximate surface area is 111 Å². The fraction of sp³-hybridized carbons (Fsp3) is 0.400. The first-order valence-corrected chi connectivity index (χ1v) is 6.42. The summed E-state index contributed by atoms with van der Waals surface area (Å²) in [5.41, 5.74) is 1.76. The second kappa shape index (κ2) is 5.03. The van der Waals surface area contributed by atoms with E-state index in [0.29, 0.717) is 6.42 Å². The highest BCUT2D eigenvalue weighted by atomic mass is 19.1. The number of carbonyl (C=O) groups is 1. The highest BCUT2D eigenvalue weighted by molar-refractivity contribution is 5.82. The minimum absolute atomic E-state index is 0.162. The fourth-order valence-corrected chi connectivity index (χ4v) is 2.42. The van der Waals surface area contributed by atoms with Crippen molar-refractivity contribution < 1.29 is 14.3 Å². The minimum Gasteiger partial charge on any atom is -0.481 e. The van der Waals surface area contributed by atoms with Gasteiger partial charge in [-0.2, -0.15) is 0 Å². The van der Waals surface area contributed by atoms with Crippen molar-refractivity contribution >= 4 is 16.9 Å². The van der Waals surface area contributed by atoms with Crippen LogP contribution >= 0.6 is 0 Å². The minimum atomic E-state index is -0.813. The lowest BCUT2D eigenvalue weighted by Gasteiger charge is -2.16. The molecule has 0 saturated carbocycles. The van der Waals surface area contributed by atoms with Crippen molar-refractivity contribution in [3.8, 4) is 0 Å². The summed E-state index contributed by atoms with van der Waals surface area (Å²) in [5, 5.41) is 9.97. The van der Waals surface area contributed by atoms with Gasteiger partial charge in [0, 0.05) is 23.5 Å². The predicted molar refractivity (Wildman–Crippen MR) is 72.8 cm³/mol. The summed E-state index contributed by atoms with van der Waals surface area (Å²) < 4.78 is 15.4. The van der Waals surface area contributed by atoms with Gasteiger partial charge >= 0.3 is 5.97 Å². The number of fused-ring (bicyclic) bond motifs is 1. The SMILES string of the molecule is CC(Cc1cc2ccc(F)cc2n1C(C)C)C(=O)O. The fourth-order valence-electron chi connectivity index (χ4n) is 2.42. The Morgan fingerprint density at radius 2 is 2.00 bits per heavy atom. The molecule has 102 valence electrons. The van der Waals surface area contributed by atoms with Gasteiger partial charge in [0.05, 0.1) is 11.4 Å². The average Bonchev–Trinajstić information content (AvgIpc) is 2.65. The molecule has 0 aliphatic rings. The van der Waals surface area contributed by atoms with Crippen LogP contribution in [-0.4, -0.2) is 15.6 Å². The topological polar surface area (TPSA) is 42.2 Å². The highest BCUT2D eigenvalue weighted by Crippen LogP contribution is 2.26. The smallest absolute Gasteiger partial charge is 0.306 e. The van der Waals surface area contributed by atoms with Crippen LogP contribution in [-0.2, 0) is 11.2 Å². The maximum Gasteiger partial charge on any atom is 0.306 e. The first-order valence-electron chi connectivity index (χ1n) is 6.42. The van der Waals surface area contributed by atoms with Crippen molar-refractivity contribution in [2.75, 3.05) is 0 Å². The molecule has 1 aromatic heterocycles. The molecule has 4 heteroatoms. The summed E-state index contributed by atoms with van der Waals surface area (Å²) in [6.45, 7) is 5.71. The van der Waals surface area contributed by atoms with Crippen molar-refractivity contribution in [3.05, 3.63) is 35.8 Å². The van der Waals surface area contributed by atoms with E-state index in [1.807, 2.05) is 24.5 Å². The molecule has 0 fully saturated rings. The molecule has 2 rings (SSSR count). The van der Waals surface area contributed by atoms with Crippen LogP contribution in [0.25, 0.3) is 10.9 Å². The number of halogens is 1. The number of carboxylic acids is 1. The number of aromatic nitrogens is 1. The number of aliphatic carboxylic acids is 1. The van der Waals surface area contributed by atoms with Crippen molar-refractivity contribution in [1.82, 2.24) is 4.57 Å². The summed E-state index contributed by atoms with van der Waals surface area (Å²) in [5.74, 6) is -1.54. The normalized spacial score (nSPS) is 13.1. The van der Waals surface area contributed by atoms with Crippen LogP contribution in [0.5, 0.6) is 0 Å². The molecule has 3 nitrogen and oxygen atoms in total. The van der Waals surface area contributed by atoms with Crippen LogP contribution in [0, 0.1) is 11.7 Å². The van der Waals surface area contributed by atoms with Gasteiger partial charge in [-0.1, -0.05) is 6.92 Å². The van der Waals surface area contributed by atoms with Gasteiger partial charge in [0.1, 0.15) is 5.82 Å². The maximum absolute atomic E-state index is 13.4. The van der Waals surface area contributed by atoms with Gasteiger partial charge in [0.25, 0.3) is 0 Å². The average molecular weight is 263 g/mol. The van der Waals surface area contributed by atoms with E-state index in [-0.39, 0.29) is 11.9 Å². The van der Waals surface area contributed by atoms with Crippen molar-refractivity contribution in [1.29, 1.82) is 0 Å². The van der Waals surface area contributed by atoms with Crippen LogP contribution in [0.3, 0.4) is 0 Å². The van der Waals surface area contributed by atoms with E-state index >= 15 is 0 Å². The lowest BCUT2D eigenvalue weighted by Crippen LogP contribution is -2.15. The Morgan fingerprint density at radius 3 is 2.58 bits per heavy atom. The standard InChI is InChI=1S/C15H18FNO2/c1-9(2)17-13(6-10(3)15(18)19)7-11-4-5-12(16)8-14(11)17/h4-5,7-10H,6H2,1-3H3,(H,18,19). The zero-order valence-electron chi connectivity index (χ0n) is 11.4. The number of rotatable bonds is 4. The molecule has 19 heavy (non-hydrogen) atoms. The monoisotopic (exact) mass is 263 g/mol. The van der Waals surface area contributed by atoms with Gasteiger partial charge in [-0.25, -0.2) is 4.39 Å². The lowest BCUT2D eigenvalue weighted by atomic mass is 10.1. The summed E-state index contributed by atoms with van der Waals surface area (Å²) in [6.07, 6.45) is 0.448. The molecular weight excluding hydrogens is 245 g/mol. The van der Waals surface area contributed by atoms with Gasteiger partial charge in [-0.3, -0.25) is 4.79 Å². The van der Waals surface area contributed by atoms with Gasteiger partial charge < -0.3 is 9.67 Å². The van der Waals surface area contributed by atoms with E-state index < -0.39 is 11.9 Å². The molecule has 0 bridgehead atoms.